The van der Waals surface area contributed by atoms with E-state index >= 15 is 0 Å². The Bertz CT molecular complexity index is 647. The molecule has 116 valence electrons. The normalized spacial score (nSPS) is 16.6. The summed E-state index contributed by atoms with van der Waals surface area (Å²) in [7, 11) is 2.18. The predicted octanol–water partition coefficient (Wildman–Crippen LogP) is 0.594. The number of hydrogen-bond acceptors (Lipinski definition) is 4. The highest BCUT2D eigenvalue weighted by Crippen LogP contribution is 2.27. The Morgan fingerprint density at radius 1 is 1.27 bits per heavy atom. The number of likely N-dealkylation sites (N-methyl/N-ethyl adjacent to an activating group) is 1. The minimum atomic E-state index is -0.0518. The monoisotopic (exact) mass is 317 g/mol. The van der Waals surface area contributed by atoms with Crippen LogP contribution in [-0.2, 0) is 0 Å². The molecule has 0 aliphatic carbocycles. The van der Waals surface area contributed by atoms with Crippen LogP contribution < -0.4 is 10.3 Å². The first-order valence-electron chi connectivity index (χ1n) is 7.53. The van der Waals surface area contributed by atoms with Crippen LogP contribution >= 0.6 is 11.3 Å². The van der Waals surface area contributed by atoms with E-state index in [9.17, 15) is 4.79 Å². The molecule has 2 heterocycles. The van der Waals surface area contributed by atoms with Gasteiger partial charge < -0.3 is 4.90 Å². The van der Waals surface area contributed by atoms with Crippen LogP contribution in [-0.4, -0.2) is 49.1 Å². The molecule has 0 atom stereocenters. The first kappa shape index (κ1) is 15.1. The Balaban J connectivity index is 1.78. The molecule has 1 aromatic heterocycles. The first-order valence-corrected chi connectivity index (χ1v) is 8.35. The summed E-state index contributed by atoms with van der Waals surface area (Å²) in [5, 5.41) is 2.92. The molecule has 1 aliphatic rings. The van der Waals surface area contributed by atoms with Gasteiger partial charge in [-0.05, 0) is 6.92 Å². The first-order chi connectivity index (χ1) is 10.6. The Labute approximate surface area is 134 Å². The van der Waals surface area contributed by atoms with E-state index in [1.165, 1.54) is 16.2 Å². The van der Waals surface area contributed by atoms with Crippen LogP contribution in [0.4, 0.5) is 0 Å². The van der Waals surface area contributed by atoms with Gasteiger partial charge in [-0.15, -0.1) is 11.3 Å². The molecule has 2 aromatic rings. The lowest BCUT2D eigenvalue weighted by atomic mass is 10.1. The highest BCUT2D eigenvalue weighted by molar-refractivity contribution is 7.14. The Kier molecular flexibility index (Phi) is 4.52. The van der Waals surface area contributed by atoms with Gasteiger partial charge in [0.25, 0.3) is 5.91 Å². The quantitative estimate of drug-likeness (QED) is 0.871. The number of quaternary nitrogens is 1. The molecule has 0 unspecified atom stereocenters. The average molecular weight is 317 g/mol. The van der Waals surface area contributed by atoms with Gasteiger partial charge in [0.15, 0.2) is 0 Å². The van der Waals surface area contributed by atoms with Crippen molar-refractivity contribution in [2.75, 3.05) is 33.2 Å². The molecule has 1 aliphatic heterocycles. The summed E-state index contributed by atoms with van der Waals surface area (Å²) in [6, 6.07) is 9.88. The molecule has 5 nitrogen and oxygen atoms in total. The maximum Gasteiger partial charge on any atom is 0.277 e. The van der Waals surface area contributed by atoms with Gasteiger partial charge in [-0.1, -0.05) is 30.3 Å². The minimum absolute atomic E-state index is 0.0518. The standard InChI is InChI=1S/C16H20N4OS/c1-12-17-14(13-6-4-3-5-7-13)15(22-12)16(21)18-20-10-8-19(2)9-11-20/h3-7H,8-11H2,1-2H3,(H,18,21)/p+1. The number of piperazine rings is 1. The minimum Gasteiger partial charge on any atom is -0.335 e. The van der Waals surface area contributed by atoms with Crippen molar-refractivity contribution in [3.63, 3.8) is 0 Å². The summed E-state index contributed by atoms with van der Waals surface area (Å²) >= 11 is 1.45. The van der Waals surface area contributed by atoms with Crippen LogP contribution in [0.3, 0.4) is 0 Å². The summed E-state index contributed by atoms with van der Waals surface area (Å²) in [5.74, 6) is -0.0518. The molecule has 1 fully saturated rings. The van der Waals surface area contributed by atoms with Crippen LogP contribution in [0.2, 0.25) is 0 Å². The van der Waals surface area contributed by atoms with Crippen molar-refractivity contribution in [2.24, 2.45) is 0 Å². The Hall–Kier alpha value is -1.76. The Morgan fingerprint density at radius 3 is 2.64 bits per heavy atom. The number of nitrogens with zero attached hydrogens (tertiary/aromatic N) is 2. The van der Waals surface area contributed by atoms with Crippen LogP contribution in [0.5, 0.6) is 0 Å². The number of aromatic nitrogens is 1. The molecule has 2 N–H and O–H groups in total. The van der Waals surface area contributed by atoms with Gasteiger partial charge >= 0.3 is 0 Å². The molecule has 0 bridgehead atoms. The largest absolute Gasteiger partial charge is 0.335 e. The van der Waals surface area contributed by atoms with E-state index in [0.717, 1.165) is 42.4 Å². The van der Waals surface area contributed by atoms with E-state index in [1.54, 1.807) is 0 Å². The molecule has 22 heavy (non-hydrogen) atoms. The summed E-state index contributed by atoms with van der Waals surface area (Å²) in [6.45, 7) is 5.81. The third-order valence-electron chi connectivity index (χ3n) is 3.86. The van der Waals surface area contributed by atoms with E-state index in [1.807, 2.05) is 42.3 Å². The van der Waals surface area contributed by atoms with Crippen molar-refractivity contribution in [3.8, 4) is 11.3 Å². The van der Waals surface area contributed by atoms with E-state index in [4.69, 9.17) is 0 Å². The van der Waals surface area contributed by atoms with Gasteiger partial charge in [-0.2, -0.15) is 0 Å². The number of thiazole rings is 1. The lowest BCUT2D eigenvalue weighted by Crippen LogP contribution is -3.12. The molecule has 3 rings (SSSR count). The summed E-state index contributed by atoms with van der Waals surface area (Å²) in [4.78, 5) is 19.3. The van der Waals surface area contributed by atoms with Gasteiger partial charge in [0.1, 0.15) is 4.88 Å². The number of carbonyl (C=O) groups is 1. The summed E-state index contributed by atoms with van der Waals surface area (Å²) in [6.07, 6.45) is 0. The van der Waals surface area contributed by atoms with Gasteiger partial charge in [0.2, 0.25) is 0 Å². The van der Waals surface area contributed by atoms with Crippen molar-refractivity contribution in [3.05, 3.63) is 40.2 Å². The number of rotatable bonds is 3. The zero-order valence-electron chi connectivity index (χ0n) is 12.9. The van der Waals surface area contributed by atoms with E-state index < -0.39 is 0 Å². The lowest BCUT2D eigenvalue weighted by Gasteiger charge is -2.29. The number of amides is 1. The van der Waals surface area contributed by atoms with Crippen molar-refractivity contribution in [1.82, 2.24) is 15.4 Å². The van der Waals surface area contributed by atoms with E-state index in [0.29, 0.717) is 4.88 Å². The molecule has 0 spiro atoms. The van der Waals surface area contributed by atoms with Crippen molar-refractivity contribution >= 4 is 17.2 Å². The highest BCUT2D eigenvalue weighted by atomic mass is 32.1. The lowest BCUT2D eigenvalue weighted by molar-refractivity contribution is -0.884. The van der Waals surface area contributed by atoms with Crippen LogP contribution in [0.15, 0.2) is 30.3 Å². The third kappa shape index (κ3) is 3.35. The fourth-order valence-electron chi connectivity index (χ4n) is 2.57. The second-order valence-corrected chi connectivity index (χ2v) is 6.86. The number of carbonyl (C=O) groups excluding carboxylic acids is 1. The van der Waals surface area contributed by atoms with E-state index in [2.05, 4.69) is 17.5 Å². The SMILES string of the molecule is Cc1nc(-c2ccccc2)c(C(=O)NN2CC[NH+](C)CC2)s1. The number of hydrogen-bond donors (Lipinski definition) is 2. The van der Waals surface area contributed by atoms with Crippen molar-refractivity contribution in [1.29, 1.82) is 0 Å². The maximum atomic E-state index is 12.6. The third-order valence-corrected chi connectivity index (χ3v) is 4.83. The van der Waals surface area contributed by atoms with Crippen LogP contribution in [0.1, 0.15) is 14.7 Å². The molecule has 6 heteroatoms. The van der Waals surface area contributed by atoms with Gasteiger partial charge in [0, 0.05) is 5.56 Å². The van der Waals surface area contributed by atoms with E-state index in [-0.39, 0.29) is 5.91 Å². The molecule has 0 radical (unpaired) electrons. The van der Waals surface area contributed by atoms with Crippen molar-refractivity contribution < 1.29 is 9.69 Å². The number of benzene rings is 1. The zero-order chi connectivity index (χ0) is 15.5. The maximum absolute atomic E-state index is 12.6. The number of hydrazine groups is 1. The topological polar surface area (TPSA) is 49.7 Å². The fraction of sp³-hybridized carbons (Fsp3) is 0.375. The zero-order valence-corrected chi connectivity index (χ0v) is 13.7. The molecule has 1 amide bonds. The van der Waals surface area contributed by atoms with Crippen molar-refractivity contribution in [2.45, 2.75) is 6.92 Å². The van der Waals surface area contributed by atoms with Gasteiger partial charge in [0.05, 0.1) is 43.9 Å². The van der Waals surface area contributed by atoms with Crippen LogP contribution in [0.25, 0.3) is 11.3 Å². The second kappa shape index (κ2) is 6.56. The molecule has 0 saturated carbocycles. The van der Waals surface area contributed by atoms with Crippen LogP contribution in [0, 0.1) is 6.92 Å². The average Bonchev–Trinajstić information content (AvgIpc) is 2.92. The summed E-state index contributed by atoms with van der Waals surface area (Å²) < 4.78 is 0. The predicted molar refractivity (Wildman–Crippen MR) is 87.9 cm³/mol. The molecular formula is C16H21N4OS+. The number of aryl methyl sites for hydroxylation is 1. The molecule has 1 aromatic carbocycles. The summed E-state index contributed by atoms with van der Waals surface area (Å²) in [5.41, 5.74) is 4.79. The van der Waals surface area contributed by atoms with Gasteiger partial charge in [-0.25, -0.2) is 9.99 Å². The Morgan fingerprint density at radius 2 is 1.95 bits per heavy atom. The fourth-order valence-corrected chi connectivity index (χ4v) is 3.40. The molecular weight excluding hydrogens is 296 g/mol. The second-order valence-electron chi connectivity index (χ2n) is 5.66. The molecule has 1 saturated heterocycles. The number of nitrogens with one attached hydrogen (secondary N) is 2. The highest BCUT2D eigenvalue weighted by Gasteiger charge is 2.22. The van der Waals surface area contributed by atoms with Gasteiger partial charge in [-0.3, -0.25) is 10.2 Å². The smallest absolute Gasteiger partial charge is 0.277 e.